The highest BCUT2D eigenvalue weighted by atomic mass is 16.5. The van der Waals surface area contributed by atoms with E-state index < -0.39 is 11.9 Å². The van der Waals surface area contributed by atoms with Gasteiger partial charge in [-0.25, -0.2) is 9.59 Å². The van der Waals surface area contributed by atoms with Crippen LogP contribution in [0.4, 0.5) is 0 Å². The number of esters is 2. The molecule has 0 amide bonds. The fourth-order valence-electron chi connectivity index (χ4n) is 3.83. The lowest BCUT2D eigenvalue weighted by Gasteiger charge is -2.14. The van der Waals surface area contributed by atoms with Crippen LogP contribution < -0.4 is 0 Å². The molecule has 4 heteroatoms. The fourth-order valence-corrected chi connectivity index (χ4v) is 3.83. The first-order chi connectivity index (χ1) is 15.6. The Morgan fingerprint density at radius 3 is 1.72 bits per heavy atom. The van der Waals surface area contributed by atoms with Gasteiger partial charge in [0, 0.05) is 0 Å². The van der Waals surface area contributed by atoms with Crippen molar-refractivity contribution in [2.24, 2.45) is 0 Å². The summed E-state index contributed by atoms with van der Waals surface area (Å²) >= 11 is 0. The van der Waals surface area contributed by atoms with E-state index in [-0.39, 0.29) is 6.10 Å². The summed E-state index contributed by atoms with van der Waals surface area (Å²) in [5.41, 5.74) is 0.583. The zero-order valence-corrected chi connectivity index (χ0v) is 20.8. The minimum atomic E-state index is -0.448. The number of unbranched alkanes of at least 4 members (excludes halogenated alkanes) is 12. The molecule has 0 fully saturated rings. The summed E-state index contributed by atoms with van der Waals surface area (Å²) in [6.07, 6.45) is 17.8. The number of carbonyl (C=O) groups is 2. The van der Waals surface area contributed by atoms with Crippen molar-refractivity contribution in [3.05, 3.63) is 35.4 Å². The van der Waals surface area contributed by atoms with Gasteiger partial charge in [0.2, 0.25) is 0 Å². The molecular weight excluding hydrogens is 400 g/mol. The van der Waals surface area contributed by atoms with Crippen molar-refractivity contribution < 1.29 is 19.1 Å². The van der Waals surface area contributed by atoms with E-state index in [9.17, 15) is 9.59 Å². The Balaban J connectivity index is 2.26. The highest BCUT2D eigenvalue weighted by Gasteiger charge is 2.20. The van der Waals surface area contributed by atoms with Crippen molar-refractivity contribution in [2.45, 2.75) is 123 Å². The molecule has 1 atom stereocenters. The van der Waals surface area contributed by atoms with Gasteiger partial charge in [0.15, 0.2) is 0 Å². The number of rotatable bonds is 19. The van der Waals surface area contributed by atoms with Crippen LogP contribution in [-0.4, -0.2) is 24.6 Å². The average Bonchev–Trinajstić information content (AvgIpc) is 2.79. The van der Waals surface area contributed by atoms with Crippen molar-refractivity contribution in [2.75, 3.05) is 6.61 Å². The Labute approximate surface area is 196 Å². The molecule has 1 rings (SSSR count). The van der Waals surface area contributed by atoms with Gasteiger partial charge in [-0.15, -0.1) is 0 Å². The Kier molecular flexibility index (Phi) is 16.5. The number of benzene rings is 1. The second-order valence-electron chi connectivity index (χ2n) is 8.93. The molecule has 0 N–H and O–H groups in total. The van der Waals surface area contributed by atoms with Gasteiger partial charge in [0.25, 0.3) is 0 Å². The van der Waals surface area contributed by atoms with Gasteiger partial charge in [0.05, 0.1) is 23.8 Å². The monoisotopic (exact) mass is 446 g/mol. The van der Waals surface area contributed by atoms with Crippen LogP contribution in [-0.2, 0) is 9.47 Å². The first-order valence-electron chi connectivity index (χ1n) is 13.1. The predicted octanol–water partition coefficient (Wildman–Crippen LogP) is 8.28. The van der Waals surface area contributed by atoms with Crippen LogP contribution >= 0.6 is 0 Å². The smallest absolute Gasteiger partial charge is 0.339 e. The third-order valence-electron chi connectivity index (χ3n) is 5.87. The molecule has 32 heavy (non-hydrogen) atoms. The Hall–Kier alpha value is -1.84. The zero-order chi connectivity index (χ0) is 23.4. The van der Waals surface area contributed by atoms with Gasteiger partial charge in [-0.3, -0.25) is 0 Å². The maximum atomic E-state index is 12.6. The number of ether oxygens (including phenoxy) is 2. The van der Waals surface area contributed by atoms with Crippen molar-refractivity contribution in [3.63, 3.8) is 0 Å². The highest BCUT2D eigenvalue weighted by Crippen LogP contribution is 2.16. The lowest BCUT2D eigenvalue weighted by atomic mass is 10.1. The maximum absolute atomic E-state index is 12.6. The van der Waals surface area contributed by atoms with E-state index >= 15 is 0 Å². The zero-order valence-electron chi connectivity index (χ0n) is 20.8. The van der Waals surface area contributed by atoms with E-state index in [2.05, 4.69) is 13.8 Å². The topological polar surface area (TPSA) is 52.6 Å². The minimum absolute atomic E-state index is 0.158. The van der Waals surface area contributed by atoms with Gasteiger partial charge in [-0.05, 0) is 38.3 Å². The molecule has 0 heterocycles. The Morgan fingerprint density at radius 1 is 0.688 bits per heavy atom. The maximum Gasteiger partial charge on any atom is 0.339 e. The third kappa shape index (κ3) is 12.9. The lowest BCUT2D eigenvalue weighted by Crippen LogP contribution is -2.18. The Bertz CT molecular complexity index is 626. The molecule has 0 aliphatic carbocycles. The molecule has 0 aliphatic rings. The number of hydrogen-bond acceptors (Lipinski definition) is 4. The first-order valence-corrected chi connectivity index (χ1v) is 13.1. The standard InChI is InChI=1S/C28H46O4/c1-4-6-8-9-10-11-12-13-14-15-19-23-31-27(29)25-21-17-18-22-26(25)28(30)32-24(3)20-16-7-5-2/h17-18,21-22,24H,4-16,19-20,23H2,1-3H3. The van der Waals surface area contributed by atoms with E-state index in [4.69, 9.17) is 9.47 Å². The van der Waals surface area contributed by atoms with Gasteiger partial charge in [-0.2, -0.15) is 0 Å². The van der Waals surface area contributed by atoms with Gasteiger partial charge in [-0.1, -0.05) is 103 Å². The van der Waals surface area contributed by atoms with Crippen LogP contribution in [0, 0.1) is 0 Å². The summed E-state index contributed by atoms with van der Waals surface area (Å²) in [5.74, 6) is -0.889. The predicted molar refractivity (Wildman–Crippen MR) is 132 cm³/mol. The number of carbonyl (C=O) groups excluding carboxylic acids is 2. The van der Waals surface area contributed by atoms with Crippen LogP contribution in [0.1, 0.15) is 138 Å². The van der Waals surface area contributed by atoms with Crippen LogP contribution in [0.3, 0.4) is 0 Å². The first kappa shape index (κ1) is 28.2. The summed E-state index contributed by atoms with van der Waals surface area (Å²) in [4.78, 5) is 25.1. The molecular formula is C28H46O4. The van der Waals surface area contributed by atoms with Crippen molar-refractivity contribution in [1.29, 1.82) is 0 Å². The molecule has 4 nitrogen and oxygen atoms in total. The lowest BCUT2D eigenvalue weighted by molar-refractivity contribution is 0.0307. The van der Waals surface area contributed by atoms with E-state index in [1.54, 1.807) is 24.3 Å². The van der Waals surface area contributed by atoms with Crippen molar-refractivity contribution >= 4 is 11.9 Å². The second-order valence-corrected chi connectivity index (χ2v) is 8.93. The van der Waals surface area contributed by atoms with Crippen LogP contribution in [0.25, 0.3) is 0 Å². The SMILES string of the molecule is CCCCCCCCCCCCCOC(=O)c1ccccc1C(=O)OC(C)CCCCC. The van der Waals surface area contributed by atoms with Crippen LogP contribution in [0.2, 0.25) is 0 Å². The summed E-state index contributed by atoms with van der Waals surface area (Å²) in [7, 11) is 0. The molecule has 0 spiro atoms. The summed E-state index contributed by atoms with van der Waals surface area (Å²) in [6, 6.07) is 6.78. The van der Waals surface area contributed by atoms with Crippen LogP contribution in [0.15, 0.2) is 24.3 Å². The summed E-state index contributed by atoms with van der Waals surface area (Å²) in [5, 5.41) is 0. The highest BCUT2D eigenvalue weighted by molar-refractivity contribution is 6.03. The minimum Gasteiger partial charge on any atom is -0.462 e. The fraction of sp³-hybridized carbons (Fsp3) is 0.714. The quantitative estimate of drug-likeness (QED) is 0.158. The molecule has 1 aromatic rings. The average molecular weight is 447 g/mol. The molecule has 1 unspecified atom stereocenters. The molecule has 0 aliphatic heterocycles. The summed E-state index contributed by atoms with van der Waals surface area (Å²) in [6.45, 7) is 6.70. The summed E-state index contributed by atoms with van der Waals surface area (Å²) < 4.78 is 11.0. The number of hydrogen-bond donors (Lipinski definition) is 0. The molecule has 0 bridgehead atoms. The molecule has 0 saturated heterocycles. The third-order valence-corrected chi connectivity index (χ3v) is 5.87. The molecule has 182 valence electrons. The normalized spacial score (nSPS) is 11.8. The second kappa shape index (κ2) is 18.7. The molecule has 0 saturated carbocycles. The Morgan fingerprint density at radius 2 is 1.16 bits per heavy atom. The molecule has 0 aromatic heterocycles. The van der Waals surface area contributed by atoms with Crippen molar-refractivity contribution in [1.82, 2.24) is 0 Å². The van der Waals surface area contributed by atoms with E-state index in [1.165, 1.54) is 57.8 Å². The van der Waals surface area contributed by atoms with Gasteiger partial charge >= 0.3 is 11.9 Å². The molecule has 0 radical (unpaired) electrons. The van der Waals surface area contributed by atoms with E-state index in [0.717, 1.165) is 38.5 Å². The van der Waals surface area contributed by atoms with E-state index in [1.807, 2.05) is 6.92 Å². The van der Waals surface area contributed by atoms with Gasteiger partial charge in [0.1, 0.15) is 0 Å². The van der Waals surface area contributed by atoms with Crippen molar-refractivity contribution in [3.8, 4) is 0 Å². The van der Waals surface area contributed by atoms with E-state index in [0.29, 0.717) is 17.7 Å². The van der Waals surface area contributed by atoms with Crippen LogP contribution in [0.5, 0.6) is 0 Å². The largest absolute Gasteiger partial charge is 0.462 e. The molecule has 1 aromatic carbocycles. The van der Waals surface area contributed by atoms with Gasteiger partial charge < -0.3 is 9.47 Å².